The van der Waals surface area contributed by atoms with Crippen LogP contribution in [0.4, 0.5) is 5.69 Å². The molecule has 1 heterocycles. The molecule has 0 N–H and O–H groups in total. The van der Waals surface area contributed by atoms with Crippen LogP contribution < -0.4 is 4.90 Å². The lowest BCUT2D eigenvalue weighted by molar-refractivity contribution is 0.756. The summed E-state index contributed by atoms with van der Waals surface area (Å²) in [7, 11) is 0. The first-order valence-corrected chi connectivity index (χ1v) is 6.70. The average Bonchev–Trinajstić information content (AvgIpc) is 2.49. The van der Waals surface area contributed by atoms with Crippen molar-refractivity contribution in [1.82, 2.24) is 0 Å². The lowest BCUT2D eigenvalue weighted by atomic mass is 10.1. The zero-order chi connectivity index (χ0) is 13.9. The molecule has 100 valence electrons. The van der Waals surface area contributed by atoms with Crippen LogP contribution >= 0.6 is 0 Å². The lowest BCUT2D eigenvalue weighted by Crippen LogP contribution is -2.28. The van der Waals surface area contributed by atoms with E-state index in [0.717, 1.165) is 5.69 Å². The molecule has 0 radical (unpaired) electrons. The summed E-state index contributed by atoms with van der Waals surface area (Å²) in [6.45, 7) is 4.18. The summed E-state index contributed by atoms with van der Waals surface area (Å²) < 4.78 is 0. The van der Waals surface area contributed by atoms with Crippen molar-refractivity contribution in [2.45, 2.75) is 20.0 Å². The molecule has 1 unspecified atom stereocenters. The Morgan fingerprint density at radius 1 is 0.850 bits per heavy atom. The Bertz CT molecular complexity index is 579. The largest absolute Gasteiger partial charge is 0.305 e. The highest BCUT2D eigenvalue weighted by Crippen LogP contribution is 2.28. The number of rotatable bonds is 2. The van der Waals surface area contributed by atoms with Crippen LogP contribution in [0.1, 0.15) is 22.9 Å². The summed E-state index contributed by atoms with van der Waals surface area (Å²) >= 11 is 0. The Morgan fingerprint density at radius 3 is 2.10 bits per heavy atom. The number of nitrogens with zero attached hydrogens (tertiary/aromatic N) is 3. The van der Waals surface area contributed by atoms with Crippen LogP contribution in [-0.2, 0) is 0 Å². The van der Waals surface area contributed by atoms with Crippen LogP contribution in [0.2, 0.25) is 0 Å². The van der Waals surface area contributed by atoms with Gasteiger partial charge in [-0.05, 0) is 31.5 Å². The predicted octanol–water partition coefficient (Wildman–Crippen LogP) is 3.88. The van der Waals surface area contributed by atoms with E-state index in [0.29, 0.717) is 0 Å². The van der Waals surface area contributed by atoms with E-state index in [-0.39, 0.29) is 6.17 Å². The summed E-state index contributed by atoms with van der Waals surface area (Å²) in [6.07, 6.45) is 3.41. The standard InChI is InChI=1S/C17H17N3/c1-13-3-7-15(8-4-13)17-19-11-18-12-20(17)16-9-5-14(2)6-10-16/h3-12,17H,1-2H3. The minimum absolute atomic E-state index is 0.0455. The van der Waals surface area contributed by atoms with Crippen molar-refractivity contribution >= 4 is 18.4 Å². The van der Waals surface area contributed by atoms with Gasteiger partial charge in [0.1, 0.15) is 6.34 Å². The van der Waals surface area contributed by atoms with Gasteiger partial charge in [-0.15, -0.1) is 0 Å². The van der Waals surface area contributed by atoms with E-state index >= 15 is 0 Å². The monoisotopic (exact) mass is 263 g/mol. The van der Waals surface area contributed by atoms with Crippen molar-refractivity contribution in [3.63, 3.8) is 0 Å². The van der Waals surface area contributed by atoms with Gasteiger partial charge in [0, 0.05) is 5.69 Å². The van der Waals surface area contributed by atoms with Crippen LogP contribution in [0.5, 0.6) is 0 Å². The topological polar surface area (TPSA) is 28.0 Å². The second-order valence-electron chi connectivity index (χ2n) is 5.06. The summed E-state index contributed by atoms with van der Waals surface area (Å²) in [5.74, 6) is 0. The SMILES string of the molecule is Cc1ccc(C2N=CN=CN2c2ccc(C)cc2)cc1. The van der Waals surface area contributed by atoms with Crippen molar-refractivity contribution in [3.05, 3.63) is 65.2 Å². The van der Waals surface area contributed by atoms with Crippen LogP contribution in [0.25, 0.3) is 0 Å². The quantitative estimate of drug-likeness (QED) is 0.808. The summed E-state index contributed by atoms with van der Waals surface area (Å²) in [5, 5.41) is 0. The Morgan fingerprint density at radius 2 is 1.45 bits per heavy atom. The van der Waals surface area contributed by atoms with Gasteiger partial charge in [0.2, 0.25) is 0 Å². The van der Waals surface area contributed by atoms with Crippen LogP contribution in [0.3, 0.4) is 0 Å². The van der Waals surface area contributed by atoms with Gasteiger partial charge in [-0.3, -0.25) is 0 Å². The number of hydrogen-bond donors (Lipinski definition) is 0. The molecule has 1 aliphatic heterocycles. The molecule has 3 rings (SSSR count). The van der Waals surface area contributed by atoms with Gasteiger partial charge < -0.3 is 4.90 Å². The first-order valence-electron chi connectivity index (χ1n) is 6.70. The van der Waals surface area contributed by atoms with Gasteiger partial charge in [0.25, 0.3) is 0 Å². The fourth-order valence-electron chi connectivity index (χ4n) is 2.25. The van der Waals surface area contributed by atoms with Crippen molar-refractivity contribution in [2.24, 2.45) is 9.98 Å². The number of anilines is 1. The first-order chi connectivity index (χ1) is 9.74. The maximum absolute atomic E-state index is 4.51. The van der Waals surface area contributed by atoms with Crippen molar-refractivity contribution < 1.29 is 0 Å². The van der Waals surface area contributed by atoms with Crippen LogP contribution in [-0.4, -0.2) is 12.7 Å². The molecule has 3 nitrogen and oxygen atoms in total. The van der Waals surface area contributed by atoms with Gasteiger partial charge in [0.15, 0.2) is 6.17 Å². The molecule has 0 amide bonds. The second-order valence-corrected chi connectivity index (χ2v) is 5.06. The van der Waals surface area contributed by atoms with Gasteiger partial charge >= 0.3 is 0 Å². The van der Waals surface area contributed by atoms with E-state index in [2.05, 4.69) is 77.3 Å². The zero-order valence-electron chi connectivity index (χ0n) is 11.7. The molecule has 0 fully saturated rings. The van der Waals surface area contributed by atoms with Crippen molar-refractivity contribution in [3.8, 4) is 0 Å². The van der Waals surface area contributed by atoms with E-state index in [1.165, 1.54) is 16.7 Å². The molecular weight excluding hydrogens is 246 g/mol. The number of aryl methyl sites for hydroxylation is 2. The molecule has 0 saturated heterocycles. The van der Waals surface area contributed by atoms with Crippen molar-refractivity contribution in [2.75, 3.05) is 4.90 Å². The Labute approximate surface area is 119 Å². The number of aliphatic imine (C=N–C) groups is 2. The fourth-order valence-corrected chi connectivity index (χ4v) is 2.25. The van der Waals surface area contributed by atoms with E-state index in [4.69, 9.17) is 0 Å². The molecule has 3 heteroatoms. The van der Waals surface area contributed by atoms with Crippen molar-refractivity contribution in [1.29, 1.82) is 0 Å². The lowest BCUT2D eigenvalue weighted by Gasteiger charge is -2.29. The fraction of sp³-hybridized carbons (Fsp3) is 0.176. The molecule has 1 atom stereocenters. The number of hydrogen-bond acceptors (Lipinski definition) is 3. The Kier molecular flexibility index (Phi) is 3.33. The smallest absolute Gasteiger partial charge is 0.153 e. The maximum Gasteiger partial charge on any atom is 0.153 e. The van der Waals surface area contributed by atoms with E-state index in [1.54, 1.807) is 6.34 Å². The summed E-state index contributed by atoms with van der Waals surface area (Å²) in [4.78, 5) is 10.8. The third-order valence-electron chi connectivity index (χ3n) is 3.44. The molecule has 2 aromatic rings. The van der Waals surface area contributed by atoms with Crippen LogP contribution in [0, 0.1) is 13.8 Å². The predicted molar refractivity (Wildman–Crippen MR) is 84.6 cm³/mol. The van der Waals surface area contributed by atoms with Gasteiger partial charge in [-0.1, -0.05) is 47.5 Å². The maximum atomic E-state index is 4.51. The average molecular weight is 263 g/mol. The molecule has 0 aromatic heterocycles. The van der Waals surface area contributed by atoms with Gasteiger partial charge in [-0.2, -0.15) is 0 Å². The minimum Gasteiger partial charge on any atom is -0.305 e. The van der Waals surface area contributed by atoms with Crippen LogP contribution in [0.15, 0.2) is 58.5 Å². The summed E-state index contributed by atoms with van der Waals surface area (Å²) in [6, 6.07) is 16.9. The van der Waals surface area contributed by atoms with E-state index in [9.17, 15) is 0 Å². The molecule has 1 aliphatic rings. The molecule has 20 heavy (non-hydrogen) atoms. The third-order valence-corrected chi connectivity index (χ3v) is 3.44. The highest BCUT2D eigenvalue weighted by atomic mass is 15.3. The first kappa shape index (κ1) is 12.6. The Balaban J connectivity index is 1.96. The van der Waals surface area contributed by atoms with Gasteiger partial charge in [0.05, 0.1) is 6.34 Å². The zero-order valence-corrected chi connectivity index (χ0v) is 11.7. The molecule has 0 saturated carbocycles. The van der Waals surface area contributed by atoms with E-state index < -0.39 is 0 Å². The highest BCUT2D eigenvalue weighted by molar-refractivity contribution is 5.87. The molecule has 2 aromatic carbocycles. The number of benzene rings is 2. The molecule has 0 bridgehead atoms. The second kappa shape index (κ2) is 5.29. The van der Waals surface area contributed by atoms with E-state index in [1.807, 2.05) is 6.34 Å². The molecule has 0 aliphatic carbocycles. The molecule has 0 spiro atoms. The van der Waals surface area contributed by atoms with Gasteiger partial charge in [-0.25, -0.2) is 9.98 Å². The summed E-state index contributed by atoms with van der Waals surface area (Å²) in [5.41, 5.74) is 4.77. The molecular formula is C17H17N3. The Hall–Kier alpha value is -2.42. The highest BCUT2D eigenvalue weighted by Gasteiger charge is 2.20. The normalized spacial score (nSPS) is 17.5. The minimum atomic E-state index is -0.0455. The third kappa shape index (κ3) is 2.48.